The smallest absolute Gasteiger partial charge is 0.342 e. The Morgan fingerprint density at radius 2 is 1.68 bits per heavy atom. The van der Waals surface area contributed by atoms with Gasteiger partial charge in [-0.15, -0.1) is 0 Å². The van der Waals surface area contributed by atoms with Gasteiger partial charge < -0.3 is 23.8 Å². The summed E-state index contributed by atoms with van der Waals surface area (Å²) < 4.78 is 21.3. The monoisotopic (exact) mass is 385 g/mol. The minimum absolute atomic E-state index is 0.154. The zero-order valence-corrected chi connectivity index (χ0v) is 16.4. The van der Waals surface area contributed by atoms with E-state index in [1.807, 2.05) is 24.3 Å². The fourth-order valence-corrected chi connectivity index (χ4v) is 3.32. The van der Waals surface area contributed by atoms with Crippen LogP contribution in [0.1, 0.15) is 22.8 Å². The Labute approximate surface area is 163 Å². The number of rotatable bonds is 6. The molecule has 1 aliphatic heterocycles. The number of hydrogen-bond donors (Lipinski definition) is 0. The summed E-state index contributed by atoms with van der Waals surface area (Å²) in [5.74, 6) is -0.0394. The molecule has 2 aromatic rings. The van der Waals surface area contributed by atoms with E-state index in [9.17, 15) is 9.59 Å². The summed E-state index contributed by atoms with van der Waals surface area (Å²) in [6.07, 6.45) is -0.164. The number of fused-ring (bicyclic) bond motifs is 1. The van der Waals surface area contributed by atoms with E-state index in [4.69, 9.17) is 18.9 Å². The van der Waals surface area contributed by atoms with Gasteiger partial charge in [-0.2, -0.15) is 0 Å². The fraction of sp³-hybridized carbons (Fsp3) is 0.333. The summed E-state index contributed by atoms with van der Waals surface area (Å²) in [5, 5.41) is 0. The summed E-state index contributed by atoms with van der Waals surface area (Å²) in [7, 11) is 4.36. The number of amides is 1. The Morgan fingerprint density at radius 3 is 2.36 bits per heavy atom. The molecule has 0 N–H and O–H groups in total. The van der Waals surface area contributed by atoms with E-state index in [2.05, 4.69) is 0 Å². The van der Waals surface area contributed by atoms with Crippen molar-refractivity contribution in [2.45, 2.75) is 19.4 Å². The molecular weight excluding hydrogens is 362 g/mol. The van der Waals surface area contributed by atoms with E-state index in [0.29, 0.717) is 12.3 Å². The molecule has 1 aliphatic rings. The lowest BCUT2D eigenvalue weighted by Crippen LogP contribution is -2.39. The van der Waals surface area contributed by atoms with Gasteiger partial charge in [0.1, 0.15) is 5.56 Å². The normalized spacial score (nSPS) is 13.5. The second-order valence-electron chi connectivity index (χ2n) is 6.30. The highest BCUT2D eigenvalue weighted by molar-refractivity contribution is 6.01. The Kier molecular flexibility index (Phi) is 5.73. The zero-order chi connectivity index (χ0) is 20.3. The molecule has 0 fully saturated rings. The molecular formula is C21H23NO6. The number of esters is 1. The van der Waals surface area contributed by atoms with Crippen LogP contribution in [0.3, 0.4) is 0 Å². The van der Waals surface area contributed by atoms with Crippen molar-refractivity contribution in [1.82, 2.24) is 0 Å². The standard InChI is InChI=1S/C21H23NO6/c1-13(20(23)22-12-11-14-7-5-6-8-16(14)22)28-21(24)15-9-10-17(25-2)19(27-4)18(15)26-3/h5-10,13H,11-12H2,1-4H3. The average Bonchev–Trinajstić information content (AvgIpc) is 3.15. The molecule has 28 heavy (non-hydrogen) atoms. The van der Waals surface area contributed by atoms with Crippen molar-refractivity contribution in [2.75, 3.05) is 32.8 Å². The molecule has 2 aromatic carbocycles. The van der Waals surface area contributed by atoms with Gasteiger partial charge in [-0.3, -0.25) is 4.79 Å². The maximum Gasteiger partial charge on any atom is 0.342 e. The fourth-order valence-electron chi connectivity index (χ4n) is 3.32. The predicted molar refractivity (Wildman–Crippen MR) is 103 cm³/mol. The number of hydrogen-bond acceptors (Lipinski definition) is 6. The number of anilines is 1. The Bertz CT molecular complexity index is 894. The van der Waals surface area contributed by atoms with Gasteiger partial charge in [-0.05, 0) is 37.1 Å². The summed E-state index contributed by atoms with van der Waals surface area (Å²) in [6, 6.07) is 10.8. The minimum Gasteiger partial charge on any atom is -0.493 e. The number of carbonyl (C=O) groups is 2. The van der Waals surface area contributed by atoms with Gasteiger partial charge in [0, 0.05) is 12.2 Å². The van der Waals surface area contributed by atoms with Crippen LogP contribution in [-0.4, -0.2) is 45.9 Å². The first-order chi connectivity index (χ1) is 13.5. The number of para-hydroxylation sites is 1. The van der Waals surface area contributed by atoms with Crippen molar-refractivity contribution < 1.29 is 28.5 Å². The highest BCUT2D eigenvalue weighted by Gasteiger charge is 2.31. The molecule has 0 aromatic heterocycles. The van der Waals surface area contributed by atoms with Crippen LogP contribution in [0, 0.1) is 0 Å². The van der Waals surface area contributed by atoms with Crippen molar-refractivity contribution in [2.24, 2.45) is 0 Å². The Balaban J connectivity index is 1.79. The van der Waals surface area contributed by atoms with E-state index < -0.39 is 12.1 Å². The van der Waals surface area contributed by atoms with Crippen LogP contribution in [0.5, 0.6) is 17.2 Å². The maximum atomic E-state index is 12.8. The second-order valence-corrected chi connectivity index (χ2v) is 6.30. The molecule has 0 saturated heterocycles. The third-order valence-corrected chi connectivity index (χ3v) is 4.71. The third-order valence-electron chi connectivity index (χ3n) is 4.71. The van der Waals surface area contributed by atoms with Gasteiger partial charge in [-0.25, -0.2) is 4.79 Å². The highest BCUT2D eigenvalue weighted by Crippen LogP contribution is 2.40. The van der Waals surface area contributed by atoms with E-state index in [0.717, 1.165) is 17.7 Å². The molecule has 7 heteroatoms. The van der Waals surface area contributed by atoms with Crippen LogP contribution >= 0.6 is 0 Å². The zero-order valence-electron chi connectivity index (χ0n) is 16.4. The molecule has 0 bridgehead atoms. The summed E-state index contributed by atoms with van der Waals surface area (Å²) in [6.45, 7) is 2.13. The van der Waals surface area contributed by atoms with Crippen LogP contribution in [0.2, 0.25) is 0 Å². The van der Waals surface area contributed by atoms with Gasteiger partial charge >= 0.3 is 5.97 Å². The van der Waals surface area contributed by atoms with E-state index in [1.54, 1.807) is 17.9 Å². The van der Waals surface area contributed by atoms with Gasteiger partial charge in [-0.1, -0.05) is 18.2 Å². The van der Waals surface area contributed by atoms with E-state index in [1.165, 1.54) is 27.4 Å². The Hall–Kier alpha value is -3.22. The van der Waals surface area contributed by atoms with Gasteiger partial charge in [0.05, 0.1) is 21.3 Å². The van der Waals surface area contributed by atoms with E-state index in [-0.39, 0.29) is 23.0 Å². The quantitative estimate of drug-likeness (QED) is 0.712. The van der Waals surface area contributed by atoms with Gasteiger partial charge in [0.25, 0.3) is 5.91 Å². The van der Waals surface area contributed by atoms with Crippen molar-refractivity contribution in [3.8, 4) is 17.2 Å². The summed E-state index contributed by atoms with van der Waals surface area (Å²) in [5.41, 5.74) is 2.12. The first kappa shape index (κ1) is 19.5. The Morgan fingerprint density at radius 1 is 0.964 bits per heavy atom. The van der Waals surface area contributed by atoms with Crippen LogP contribution in [0.25, 0.3) is 0 Å². The molecule has 1 amide bonds. The third kappa shape index (κ3) is 3.47. The van der Waals surface area contributed by atoms with Crippen LogP contribution in [0.15, 0.2) is 36.4 Å². The summed E-state index contributed by atoms with van der Waals surface area (Å²) >= 11 is 0. The van der Waals surface area contributed by atoms with Crippen molar-refractivity contribution in [3.63, 3.8) is 0 Å². The number of methoxy groups -OCH3 is 3. The van der Waals surface area contributed by atoms with Crippen LogP contribution in [-0.2, 0) is 16.0 Å². The molecule has 7 nitrogen and oxygen atoms in total. The molecule has 0 spiro atoms. The van der Waals surface area contributed by atoms with Crippen molar-refractivity contribution >= 4 is 17.6 Å². The largest absolute Gasteiger partial charge is 0.493 e. The average molecular weight is 385 g/mol. The number of ether oxygens (including phenoxy) is 4. The number of carbonyl (C=O) groups excluding carboxylic acids is 2. The molecule has 0 radical (unpaired) electrons. The summed E-state index contributed by atoms with van der Waals surface area (Å²) in [4.78, 5) is 27.2. The van der Waals surface area contributed by atoms with Gasteiger partial charge in [0.15, 0.2) is 17.6 Å². The molecule has 3 rings (SSSR count). The maximum absolute atomic E-state index is 12.8. The molecule has 0 aliphatic carbocycles. The predicted octanol–water partition coefficient (Wildman–Crippen LogP) is 2.85. The lowest BCUT2D eigenvalue weighted by atomic mass is 10.1. The molecule has 0 saturated carbocycles. The topological polar surface area (TPSA) is 74.3 Å². The minimum atomic E-state index is -0.948. The number of benzene rings is 2. The lowest BCUT2D eigenvalue weighted by Gasteiger charge is -2.22. The van der Waals surface area contributed by atoms with E-state index >= 15 is 0 Å². The first-order valence-electron chi connectivity index (χ1n) is 8.91. The molecule has 1 heterocycles. The second kappa shape index (κ2) is 8.21. The molecule has 1 atom stereocenters. The highest BCUT2D eigenvalue weighted by atomic mass is 16.6. The lowest BCUT2D eigenvalue weighted by molar-refractivity contribution is -0.126. The first-order valence-corrected chi connectivity index (χ1v) is 8.91. The van der Waals surface area contributed by atoms with Crippen LogP contribution < -0.4 is 19.1 Å². The van der Waals surface area contributed by atoms with Crippen molar-refractivity contribution in [1.29, 1.82) is 0 Å². The van der Waals surface area contributed by atoms with Crippen LogP contribution in [0.4, 0.5) is 5.69 Å². The van der Waals surface area contributed by atoms with Crippen molar-refractivity contribution in [3.05, 3.63) is 47.5 Å². The van der Waals surface area contributed by atoms with Gasteiger partial charge in [0.2, 0.25) is 5.75 Å². The molecule has 148 valence electrons. The number of nitrogens with zero attached hydrogens (tertiary/aromatic N) is 1. The molecule has 1 unspecified atom stereocenters. The SMILES string of the molecule is COc1ccc(C(=O)OC(C)C(=O)N2CCc3ccccc32)c(OC)c1OC.